The molecule has 4 fully saturated rings. The van der Waals surface area contributed by atoms with Crippen molar-refractivity contribution in [2.45, 2.75) is 109 Å². The summed E-state index contributed by atoms with van der Waals surface area (Å²) in [7, 11) is 0. The van der Waals surface area contributed by atoms with Crippen LogP contribution >= 0.6 is 0 Å². The zero-order valence-electron chi connectivity index (χ0n) is 25.3. The molecule has 11 heteroatoms. The highest BCUT2D eigenvalue weighted by Gasteiger charge is 2.43. The summed E-state index contributed by atoms with van der Waals surface area (Å²) in [5.74, 6) is -0.490. The van der Waals surface area contributed by atoms with Gasteiger partial charge >= 0.3 is 0 Å². The Labute approximate surface area is 244 Å². The summed E-state index contributed by atoms with van der Waals surface area (Å²) in [5, 5.41) is 9.84. The minimum absolute atomic E-state index is 0.0909. The van der Waals surface area contributed by atoms with E-state index >= 15 is 0 Å². The molecule has 4 aliphatic rings. The van der Waals surface area contributed by atoms with Gasteiger partial charge in [-0.1, -0.05) is 33.6 Å². The standard InChI is InChI=1S/C30H51N5O6/c1-29(2,3)19-26(37)34-13-9-30(10-14-34)20-27(38)35-12-8-23(32-22-6-4-5-7-22)18-24(35)28(39)31-11-15-40-16-17-41-21-25(36)33-30/h22-24,32H,4-21H2,1-3H3,(H,31,39)(H,33,36)/t23-,24+/m1/s1. The molecule has 0 radical (unpaired) electrons. The second-order valence-electron chi connectivity index (χ2n) is 13.6. The average Bonchev–Trinajstić information content (AvgIpc) is 3.42. The van der Waals surface area contributed by atoms with Crippen molar-refractivity contribution in [2.75, 3.05) is 52.6 Å². The van der Waals surface area contributed by atoms with E-state index in [0.29, 0.717) is 71.1 Å². The third kappa shape index (κ3) is 9.38. The number of carbonyl (C=O) groups excluding carboxylic acids is 4. The van der Waals surface area contributed by atoms with Crippen LogP contribution in [0, 0.1) is 5.41 Å². The van der Waals surface area contributed by atoms with Gasteiger partial charge in [0, 0.05) is 44.7 Å². The van der Waals surface area contributed by atoms with Crippen molar-refractivity contribution in [3.8, 4) is 0 Å². The van der Waals surface area contributed by atoms with Crippen molar-refractivity contribution in [1.82, 2.24) is 25.8 Å². The van der Waals surface area contributed by atoms with E-state index in [1.165, 1.54) is 12.8 Å². The molecular formula is C30H51N5O6. The summed E-state index contributed by atoms with van der Waals surface area (Å²) >= 11 is 0. The summed E-state index contributed by atoms with van der Waals surface area (Å²) in [4.78, 5) is 56.8. The number of nitrogens with zero attached hydrogens (tertiary/aromatic N) is 2. The Morgan fingerprint density at radius 1 is 0.976 bits per heavy atom. The molecule has 0 aromatic carbocycles. The van der Waals surface area contributed by atoms with Gasteiger partial charge in [0.1, 0.15) is 12.6 Å². The Kier molecular flexibility index (Phi) is 11.0. The maximum Gasteiger partial charge on any atom is 0.246 e. The van der Waals surface area contributed by atoms with Crippen LogP contribution in [-0.2, 0) is 28.7 Å². The number of piperidine rings is 2. The first-order valence-electron chi connectivity index (χ1n) is 15.6. The molecule has 3 N–H and O–H groups in total. The molecule has 1 saturated carbocycles. The number of nitrogens with one attached hydrogen (secondary N) is 3. The topological polar surface area (TPSA) is 129 Å². The number of ether oxygens (including phenoxy) is 2. The molecule has 0 unspecified atom stereocenters. The molecule has 4 amide bonds. The van der Waals surface area contributed by atoms with E-state index in [2.05, 4.69) is 16.0 Å². The predicted molar refractivity (Wildman–Crippen MR) is 154 cm³/mol. The molecule has 1 aliphatic carbocycles. The van der Waals surface area contributed by atoms with Crippen LogP contribution in [0.25, 0.3) is 0 Å². The lowest BCUT2D eigenvalue weighted by Crippen LogP contribution is -2.62. The number of hydrogen-bond acceptors (Lipinski definition) is 7. The second kappa shape index (κ2) is 14.3. The molecule has 0 aromatic heterocycles. The zero-order chi connectivity index (χ0) is 29.5. The van der Waals surface area contributed by atoms with Crippen LogP contribution in [0.15, 0.2) is 0 Å². The highest BCUT2D eigenvalue weighted by molar-refractivity contribution is 5.89. The van der Waals surface area contributed by atoms with Gasteiger partial charge in [-0.3, -0.25) is 19.2 Å². The van der Waals surface area contributed by atoms with Gasteiger partial charge in [-0.15, -0.1) is 0 Å². The van der Waals surface area contributed by atoms with Gasteiger partial charge in [-0.2, -0.15) is 0 Å². The van der Waals surface area contributed by atoms with Gasteiger partial charge in [0.15, 0.2) is 0 Å². The van der Waals surface area contributed by atoms with Gasteiger partial charge in [0.25, 0.3) is 0 Å². The molecule has 1 spiro atoms. The highest BCUT2D eigenvalue weighted by Crippen LogP contribution is 2.31. The van der Waals surface area contributed by atoms with Crippen LogP contribution in [0.1, 0.15) is 85.0 Å². The van der Waals surface area contributed by atoms with E-state index in [4.69, 9.17) is 9.47 Å². The lowest BCUT2D eigenvalue weighted by atomic mass is 9.82. The number of rotatable bonds is 3. The van der Waals surface area contributed by atoms with Gasteiger partial charge < -0.3 is 35.2 Å². The van der Waals surface area contributed by atoms with Crippen molar-refractivity contribution in [2.24, 2.45) is 5.41 Å². The Bertz CT molecular complexity index is 923. The van der Waals surface area contributed by atoms with Crippen molar-refractivity contribution < 1.29 is 28.7 Å². The van der Waals surface area contributed by atoms with Gasteiger partial charge in [0.2, 0.25) is 23.6 Å². The SMILES string of the molecule is CC(C)(C)CC(=O)N1CCC2(CC1)CC(=O)N1CC[C@@H](NC3CCCC3)C[C@H]1C(=O)NCCOCCOCC(=O)N2. The van der Waals surface area contributed by atoms with E-state index in [1.54, 1.807) is 4.90 Å². The maximum atomic E-state index is 14.0. The van der Waals surface area contributed by atoms with Gasteiger partial charge in [-0.05, 0) is 43.9 Å². The predicted octanol–water partition coefficient (Wildman–Crippen LogP) is 1.34. The normalized spacial score (nSPS) is 27.8. The molecule has 232 valence electrons. The van der Waals surface area contributed by atoms with Crippen molar-refractivity contribution in [3.05, 3.63) is 0 Å². The molecule has 3 aliphatic heterocycles. The molecule has 0 aromatic rings. The minimum atomic E-state index is -0.802. The van der Waals surface area contributed by atoms with Crippen molar-refractivity contribution in [1.29, 1.82) is 0 Å². The average molecular weight is 578 g/mol. The fraction of sp³-hybridized carbons (Fsp3) is 0.867. The lowest BCUT2D eigenvalue weighted by molar-refractivity contribution is -0.145. The van der Waals surface area contributed by atoms with E-state index in [-0.39, 0.29) is 54.7 Å². The summed E-state index contributed by atoms with van der Waals surface area (Å²) in [6, 6.07) is 0.0898. The lowest BCUT2D eigenvalue weighted by Gasteiger charge is -2.45. The van der Waals surface area contributed by atoms with E-state index in [1.807, 2.05) is 25.7 Å². The van der Waals surface area contributed by atoms with E-state index < -0.39 is 11.6 Å². The second-order valence-corrected chi connectivity index (χ2v) is 13.6. The third-order valence-electron chi connectivity index (χ3n) is 8.85. The third-order valence-corrected chi connectivity index (χ3v) is 8.85. The van der Waals surface area contributed by atoms with Crippen LogP contribution in [-0.4, -0.2) is 110 Å². The Balaban J connectivity index is 1.49. The quantitative estimate of drug-likeness (QED) is 0.462. The first kappa shape index (κ1) is 31.7. The van der Waals surface area contributed by atoms with Crippen LogP contribution in [0.5, 0.6) is 0 Å². The number of fused-ring (bicyclic) bond motifs is 1. The molecular weight excluding hydrogens is 526 g/mol. The first-order chi connectivity index (χ1) is 19.5. The first-order valence-corrected chi connectivity index (χ1v) is 15.6. The van der Waals surface area contributed by atoms with Crippen LogP contribution < -0.4 is 16.0 Å². The Morgan fingerprint density at radius 3 is 2.39 bits per heavy atom. The molecule has 11 nitrogen and oxygen atoms in total. The van der Waals surface area contributed by atoms with Gasteiger partial charge in [0.05, 0.1) is 31.8 Å². The molecule has 41 heavy (non-hydrogen) atoms. The van der Waals surface area contributed by atoms with Crippen LogP contribution in [0.2, 0.25) is 0 Å². The maximum absolute atomic E-state index is 14.0. The monoisotopic (exact) mass is 577 g/mol. The summed E-state index contributed by atoms with van der Waals surface area (Å²) in [5.41, 5.74) is -0.919. The Morgan fingerprint density at radius 2 is 1.68 bits per heavy atom. The highest BCUT2D eigenvalue weighted by atomic mass is 16.5. The summed E-state index contributed by atoms with van der Waals surface area (Å²) in [6.07, 6.45) is 7.63. The molecule has 2 atom stereocenters. The summed E-state index contributed by atoms with van der Waals surface area (Å²) < 4.78 is 11.1. The van der Waals surface area contributed by atoms with Crippen LogP contribution in [0.4, 0.5) is 0 Å². The summed E-state index contributed by atoms with van der Waals surface area (Å²) in [6.45, 7) is 8.69. The molecule has 0 bridgehead atoms. The Hall–Kier alpha value is -2.24. The fourth-order valence-electron chi connectivity index (χ4n) is 6.66. The van der Waals surface area contributed by atoms with E-state index in [9.17, 15) is 19.2 Å². The largest absolute Gasteiger partial charge is 0.377 e. The van der Waals surface area contributed by atoms with Crippen LogP contribution in [0.3, 0.4) is 0 Å². The molecule has 3 saturated heterocycles. The van der Waals surface area contributed by atoms with Crippen molar-refractivity contribution in [3.63, 3.8) is 0 Å². The number of likely N-dealkylation sites (tertiary alicyclic amines) is 1. The van der Waals surface area contributed by atoms with Gasteiger partial charge in [-0.25, -0.2) is 0 Å². The number of hydrogen-bond donors (Lipinski definition) is 3. The van der Waals surface area contributed by atoms with E-state index in [0.717, 1.165) is 19.3 Å². The zero-order valence-corrected chi connectivity index (χ0v) is 25.3. The number of carbonyl (C=O) groups is 4. The molecule has 3 heterocycles. The van der Waals surface area contributed by atoms with Crippen molar-refractivity contribution >= 4 is 23.6 Å². The smallest absolute Gasteiger partial charge is 0.246 e. The fourth-order valence-corrected chi connectivity index (χ4v) is 6.66. The molecule has 4 rings (SSSR count). The number of amides is 4. The minimum Gasteiger partial charge on any atom is -0.377 e.